The Hall–Kier alpha value is -2.21. The number of pyridine rings is 1. The molecule has 2 aromatic heterocycles. The summed E-state index contributed by atoms with van der Waals surface area (Å²) in [6.45, 7) is 2.32. The van der Waals surface area contributed by atoms with Gasteiger partial charge in [0.1, 0.15) is 0 Å². The third-order valence-corrected chi connectivity index (χ3v) is 3.20. The summed E-state index contributed by atoms with van der Waals surface area (Å²) >= 11 is 5.94. The number of rotatable bonds is 2. The normalized spacial score (nSPS) is 11.1. The molecular weight excluding hydrogens is 266 g/mol. The molecule has 3 aromatic rings. The Morgan fingerprint density at radius 1 is 1.37 bits per heavy atom. The molecule has 0 fully saturated rings. The van der Waals surface area contributed by atoms with Crippen LogP contribution in [0, 0.1) is 6.92 Å². The van der Waals surface area contributed by atoms with E-state index in [1.807, 2.05) is 17.6 Å². The molecule has 0 unspecified atom stereocenters. The molecule has 0 saturated heterocycles. The minimum absolute atomic E-state index is 0.0423. The highest BCUT2D eigenvalue weighted by molar-refractivity contribution is 6.31. The zero-order valence-electron chi connectivity index (χ0n) is 10.1. The fourth-order valence-corrected chi connectivity index (χ4v) is 2.25. The second kappa shape index (κ2) is 4.47. The number of H-pyrrole nitrogens is 1. The second-order valence-electron chi connectivity index (χ2n) is 4.23. The summed E-state index contributed by atoms with van der Waals surface area (Å²) in [6, 6.07) is 6.84. The van der Waals surface area contributed by atoms with Crippen molar-refractivity contribution >= 4 is 22.5 Å². The zero-order chi connectivity index (χ0) is 13.4. The maximum Gasteiger partial charge on any atom is 0.194 e. The number of hydrogen-bond donors (Lipinski definition) is 1. The predicted molar refractivity (Wildman–Crippen MR) is 71.2 cm³/mol. The zero-order valence-corrected chi connectivity index (χ0v) is 10.8. The van der Waals surface area contributed by atoms with Gasteiger partial charge in [-0.25, -0.2) is 0 Å². The van der Waals surface area contributed by atoms with Gasteiger partial charge >= 0.3 is 0 Å². The lowest BCUT2D eigenvalue weighted by molar-refractivity contribution is 0.743. The number of hydrogen-bond acceptors (Lipinski definition) is 4. The Bertz CT molecular complexity index is 794. The van der Waals surface area contributed by atoms with Gasteiger partial charge in [-0.15, -0.1) is 10.2 Å². The molecule has 0 amide bonds. The Morgan fingerprint density at radius 3 is 2.95 bits per heavy atom. The van der Waals surface area contributed by atoms with Crippen LogP contribution < -0.4 is 5.43 Å². The fourth-order valence-electron chi connectivity index (χ4n) is 2.08. The topological polar surface area (TPSA) is 76.5 Å². The maximum atomic E-state index is 12.0. The van der Waals surface area contributed by atoms with Crippen LogP contribution in [-0.2, 0) is 6.54 Å². The minimum Gasteiger partial charge on any atom is -0.337 e. The third-order valence-electron chi connectivity index (χ3n) is 2.97. The summed E-state index contributed by atoms with van der Waals surface area (Å²) in [4.78, 5) is 12.0. The van der Waals surface area contributed by atoms with Crippen LogP contribution in [0.4, 0.5) is 0 Å². The third kappa shape index (κ3) is 2.10. The number of benzene rings is 1. The lowest BCUT2D eigenvalue weighted by Crippen LogP contribution is -2.13. The molecule has 7 heteroatoms. The number of tetrazole rings is 1. The van der Waals surface area contributed by atoms with Crippen molar-refractivity contribution in [1.29, 1.82) is 0 Å². The van der Waals surface area contributed by atoms with Gasteiger partial charge in [-0.1, -0.05) is 16.8 Å². The van der Waals surface area contributed by atoms with E-state index in [2.05, 4.69) is 20.6 Å². The molecule has 3 rings (SSSR count). The van der Waals surface area contributed by atoms with Crippen molar-refractivity contribution < 1.29 is 0 Å². The van der Waals surface area contributed by atoms with Crippen molar-refractivity contribution in [1.82, 2.24) is 25.2 Å². The Kier molecular flexibility index (Phi) is 2.79. The van der Waals surface area contributed by atoms with Gasteiger partial charge in [-0.2, -0.15) is 5.21 Å². The molecule has 2 heterocycles. The van der Waals surface area contributed by atoms with E-state index in [9.17, 15) is 4.79 Å². The highest BCUT2D eigenvalue weighted by atomic mass is 35.5. The van der Waals surface area contributed by atoms with Crippen LogP contribution in [0.5, 0.6) is 0 Å². The average molecular weight is 276 g/mol. The molecule has 0 aliphatic carbocycles. The lowest BCUT2D eigenvalue weighted by Gasteiger charge is -2.12. The predicted octanol–water partition coefficient (Wildman–Crippen LogP) is 1.52. The van der Waals surface area contributed by atoms with Crippen LogP contribution in [0.2, 0.25) is 5.02 Å². The van der Waals surface area contributed by atoms with E-state index >= 15 is 0 Å². The molecule has 0 aliphatic heterocycles. The largest absolute Gasteiger partial charge is 0.337 e. The first-order chi connectivity index (χ1) is 9.15. The fraction of sp³-hybridized carbons (Fsp3) is 0.167. The lowest BCUT2D eigenvalue weighted by atomic mass is 10.2. The first-order valence-electron chi connectivity index (χ1n) is 5.67. The summed E-state index contributed by atoms with van der Waals surface area (Å²) in [5.41, 5.74) is 1.60. The van der Waals surface area contributed by atoms with Crippen molar-refractivity contribution in [3.63, 3.8) is 0 Å². The molecule has 6 nitrogen and oxygen atoms in total. The number of aromatic amines is 1. The van der Waals surface area contributed by atoms with E-state index in [0.29, 0.717) is 22.8 Å². The van der Waals surface area contributed by atoms with Crippen molar-refractivity contribution in [3.8, 4) is 0 Å². The monoisotopic (exact) mass is 275 g/mol. The highest BCUT2D eigenvalue weighted by Crippen LogP contribution is 2.18. The molecule has 0 bridgehead atoms. The summed E-state index contributed by atoms with van der Waals surface area (Å²) in [7, 11) is 0. The van der Waals surface area contributed by atoms with E-state index in [0.717, 1.165) is 11.2 Å². The Balaban J connectivity index is 2.26. The van der Waals surface area contributed by atoms with E-state index < -0.39 is 0 Å². The van der Waals surface area contributed by atoms with Crippen LogP contribution >= 0.6 is 11.6 Å². The number of halogens is 1. The summed E-state index contributed by atoms with van der Waals surface area (Å²) < 4.78 is 1.96. The SMILES string of the molecule is Cc1cc(=O)c2cc(Cl)ccc2n1Cc1nn[nH]n1. The smallest absolute Gasteiger partial charge is 0.194 e. The van der Waals surface area contributed by atoms with E-state index in [1.165, 1.54) is 0 Å². The molecule has 0 saturated carbocycles. The van der Waals surface area contributed by atoms with Gasteiger partial charge in [-0.3, -0.25) is 4.79 Å². The van der Waals surface area contributed by atoms with Gasteiger partial charge in [0.15, 0.2) is 11.3 Å². The molecule has 0 spiro atoms. The van der Waals surface area contributed by atoms with E-state index in [4.69, 9.17) is 11.6 Å². The number of nitrogens with one attached hydrogen (secondary N) is 1. The average Bonchev–Trinajstić information content (AvgIpc) is 2.87. The molecule has 1 N–H and O–H groups in total. The van der Waals surface area contributed by atoms with Crippen LogP contribution in [-0.4, -0.2) is 25.2 Å². The highest BCUT2D eigenvalue weighted by Gasteiger charge is 2.09. The molecular formula is C12H10ClN5O. The van der Waals surface area contributed by atoms with Crippen molar-refractivity contribution in [2.24, 2.45) is 0 Å². The van der Waals surface area contributed by atoms with Gasteiger partial charge in [0, 0.05) is 22.2 Å². The van der Waals surface area contributed by atoms with Crippen LogP contribution in [0.1, 0.15) is 11.5 Å². The first kappa shape index (κ1) is 11.9. The van der Waals surface area contributed by atoms with Crippen LogP contribution in [0.15, 0.2) is 29.1 Å². The van der Waals surface area contributed by atoms with Crippen LogP contribution in [0.25, 0.3) is 10.9 Å². The molecule has 19 heavy (non-hydrogen) atoms. The minimum atomic E-state index is -0.0423. The number of fused-ring (bicyclic) bond motifs is 1. The number of nitrogens with zero attached hydrogens (tertiary/aromatic N) is 4. The van der Waals surface area contributed by atoms with Gasteiger partial charge in [0.05, 0.1) is 12.1 Å². The Morgan fingerprint density at radius 2 is 2.21 bits per heavy atom. The maximum absolute atomic E-state index is 12.0. The Labute approximate surface area is 113 Å². The van der Waals surface area contributed by atoms with Crippen molar-refractivity contribution in [3.05, 3.63) is 51.0 Å². The van der Waals surface area contributed by atoms with Gasteiger partial charge in [-0.05, 0) is 25.1 Å². The molecule has 96 valence electrons. The summed E-state index contributed by atoms with van der Waals surface area (Å²) in [5.74, 6) is 0.558. The number of aromatic nitrogens is 5. The van der Waals surface area contributed by atoms with E-state index in [1.54, 1.807) is 18.2 Å². The summed E-state index contributed by atoms with van der Waals surface area (Å²) in [6.07, 6.45) is 0. The molecule has 0 aliphatic rings. The van der Waals surface area contributed by atoms with E-state index in [-0.39, 0.29) is 5.43 Å². The second-order valence-corrected chi connectivity index (χ2v) is 4.66. The van der Waals surface area contributed by atoms with Crippen molar-refractivity contribution in [2.75, 3.05) is 0 Å². The van der Waals surface area contributed by atoms with Crippen molar-refractivity contribution in [2.45, 2.75) is 13.5 Å². The standard InChI is InChI=1S/C12H10ClN5O/c1-7-4-11(19)9-5-8(13)2-3-10(9)18(7)6-12-14-16-17-15-12/h2-5H,6H2,1H3,(H,14,15,16,17). The quantitative estimate of drug-likeness (QED) is 0.769. The molecule has 1 aromatic carbocycles. The van der Waals surface area contributed by atoms with Gasteiger partial charge < -0.3 is 4.57 Å². The van der Waals surface area contributed by atoms with Gasteiger partial charge in [0.2, 0.25) is 0 Å². The van der Waals surface area contributed by atoms with Gasteiger partial charge in [0.25, 0.3) is 0 Å². The number of aryl methyl sites for hydroxylation is 1. The van der Waals surface area contributed by atoms with Crippen LogP contribution in [0.3, 0.4) is 0 Å². The summed E-state index contributed by atoms with van der Waals surface area (Å²) in [5, 5.41) is 14.9. The first-order valence-corrected chi connectivity index (χ1v) is 6.05. The molecule has 0 radical (unpaired) electrons. The molecule has 0 atom stereocenters.